The van der Waals surface area contributed by atoms with Crippen LogP contribution in [0, 0.1) is 13.8 Å². The summed E-state index contributed by atoms with van der Waals surface area (Å²) in [5.74, 6) is 0.623. The first kappa shape index (κ1) is 17.3. The number of hydrogen-bond acceptors (Lipinski definition) is 3. The molecule has 2 aromatic rings. The van der Waals surface area contributed by atoms with E-state index in [0.717, 1.165) is 5.56 Å². The number of alkyl halides is 3. The monoisotopic (exact) mass is 349 g/mol. The van der Waals surface area contributed by atoms with Crippen LogP contribution in [-0.4, -0.2) is 23.1 Å². The third kappa shape index (κ3) is 3.06. The van der Waals surface area contributed by atoms with E-state index >= 15 is 0 Å². The van der Waals surface area contributed by atoms with Crippen LogP contribution in [0.15, 0.2) is 43.0 Å². The van der Waals surface area contributed by atoms with E-state index in [1.54, 1.807) is 36.2 Å². The molecule has 7 heteroatoms. The molecule has 1 aliphatic heterocycles. The quantitative estimate of drug-likeness (QED) is 0.775. The van der Waals surface area contributed by atoms with Crippen molar-refractivity contribution in [2.24, 2.45) is 0 Å². The van der Waals surface area contributed by atoms with Crippen molar-refractivity contribution >= 4 is 5.69 Å². The molecule has 1 aliphatic rings. The summed E-state index contributed by atoms with van der Waals surface area (Å²) in [5.41, 5.74) is 1.11. The Hall–Kier alpha value is -2.57. The molecule has 0 saturated heterocycles. The molecule has 0 N–H and O–H groups in total. The van der Waals surface area contributed by atoms with Gasteiger partial charge in [0.25, 0.3) is 5.82 Å². The van der Waals surface area contributed by atoms with Crippen molar-refractivity contribution in [3.05, 3.63) is 59.9 Å². The summed E-state index contributed by atoms with van der Waals surface area (Å²) in [6.45, 7) is 5.55. The molecule has 0 unspecified atom stereocenters. The van der Waals surface area contributed by atoms with Crippen LogP contribution in [0.3, 0.4) is 0 Å². The first-order valence-corrected chi connectivity index (χ1v) is 7.94. The van der Waals surface area contributed by atoms with E-state index in [-0.39, 0.29) is 6.17 Å². The normalized spacial score (nSPS) is 17.5. The minimum absolute atomic E-state index is 0.0602. The first-order valence-electron chi connectivity index (χ1n) is 7.94. The smallest absolute Gasteiger partial charge is 0.359 e. The molecule has 0 saturated carbocycles. The number of halogens is 3. The van der Waals surface area contributed by atoms with Gasteiger partial charge in [0.2, 0.25) is 0 Å². The first-order chi connectivity index (χ1) is 11.7. The standard InChI is InChI=1S/C18H20F3N4/c1-12-16(24-7-5-6-22-13(24)2)10-15(18(19,20)21)11-17(12)25-9-8-23(4)14(25)3/h5-11,14H,1-4H3/q+1/t14-/m1/s1. The lowest BCUT2D eigenvalue weighted by Crippen LogP contribution is -2.38. The highest BCUT2D eigenvalue weighted by atomic mass is 19.4. The van der Waals surface area contributed by atoms with Crippen molar-refractivity contribution in [3.8, 4) is 5.69 Å². The van der Waals surface area contributed by atoms with E-state index in [1.165, 1.54) is 12.1 Å². The van der Waals surface area contributed by atoms with Gasteiger partial charge in [-0.2, -0.15) is 13.2 Å². The van der Waals surface area contributed by atoms with Crippen LogP contribution >= 0.6 is 0 Å². The number of benzene rings is 1. The SMILES string of the molecule is Cc1c(N2C=CN(C)[C@H]2C)cc(C(F)(F)F)cc1-[n+]1cccnc1C. The van der Waals surface area contributed by atoms with Gasteiger partial charge in [0.15, 0.2) is 0 Å². The molecule has 0 fully saturated rings. The van der Waals surface area contributed by atoms with E-state index < -0.39 is 11.7 Å². The minimum atomic E-state index is -4.42. The van der Waals surface area contributed by atoms with Crippen molar-refractivity contribution in [1.82, 2.24) is 9.88 Å². The van der Waals surface area contributed by atoms with E-state index in [0.29, 0.717) is 17.2 Å². The maximum atomic E-state index is 13.5. The molecular formula is C18H20F3N4+. The average Bonchev–Trinajstić information content (AvgIpc) is 2.87. The summed E-state index contributed by atoms with van der Waals surface area (Å²) < 4.78 is 42.1. The highest BCUT2D eigenvalue weighted by Crippen LogP contribution is 2.37. The number of hydrogen-bond donors (Lipinski definition) is 0. The van der Waals surface area contributed by atoms with Crippen molar-refractivity contribution in [1.29, 1.82) is 0 Å². The Morgan fingerprint density at radius 2 is 1.88 bits per heavy atom. The van der Waals surface area contributed by atoms with Crippen molar-refractivity contribution < 1.29 is 17.7 Å². The average molecular weight is 349 g/mol. The summed E-state index contributed by atoms with van der Waals surface area (Å²) in [5, 5.41) is 0. The van der Waals surface area contributed by atoms with Gasteiger partial charge in [-0.05, 0) is 26.0 Å². The molecule has 0 spiro atoms. The molecule has 0 aliphatic carbocycles. The molecule has 0 amide bonds. The lowest BCUT2D eigenvalue weighted by Gasteiger charge is -2.29. The topological polar surface area (TPSA) is 23.2 Å². The van der Waals surface area contributed by atoms with Crippen LogP contribution in [0.5, 0.6) is 0 Å². The van der Waals surface area contributed by atoms with Crippen LogP contribution in [0.1, 0.15) is 23.9 Å². The molecule has 2 heterocycles. The molecule has 0 bridgehead atoms. The summed E-state index contributed by atoms with van der Waals surface area (Å²) in [4.78, 5) is 7.98. The molecule has 1 aromatic carbocycles. The third-order valence-corrected chi connectivity index (χ3v) is 4.60. The van der Waals surface area contributed by atoms with Crippen LogP contribution in [0.2, 0.25) is 0 Å². The highest BCUT2D eigenvalue weighted by molar-refractivity contribution is 5.64. The maximum Gasteiger partial charge on any atom is 0.416 e. The lowest BCUT2D eigenvalue weighted by atomic mass is 10.0. The molecule has 132 valence electrons. The fraction of sp³-hybridized carbons (Fsp3) is 0.333. The zero-order valence-electron chi connectivity index (χ0n) is 14.5. The van der Waals surface area contributed by atoms with Crippen molar-refractivity contribution in [2.75, 3.05) is 11.9 Å². The Kier molecular flexibility index (Phi) is 4.18. The van der Waals surface area contributed by atoms with E-state index in [9.17, 15) is 13.2 Å². The summed E-state index contributed by atoms with van der Waals surface area (Å²) in [7, 11) is 1.89. The summed E-state index contributed by atoms with van der Waals surface area (Å²) in [6, 6.07) is 4.10. The highest BCUT2D eigenvalue weighted by Gasteiger charge is 2.34. The fourth-order valence-electron chi connectivity index (χ4n) is 2.97. The number of nitrogens with zero attached hydrogens (tertiary/aromatic N) is 4. The van der Waals surface area contributed by atoms with Gasteiger partial charge in [-0.3, -0.25) is 0 Å². The number of rotatable bonds is 2. The van der Waals surface area contributed by atoms with E-state index in [4.69, 9.17) is 0 Å². The lowest BCUT2D eigenvalue weighted by molar-refractivity contribution is -0.606. The third-order valence-electron chi connectivity index (χ3n) is 4.60. The Morgan fingerprint density at radius 3 is 2.44 bits per heavy atom. The van der Waals surface area contributed by atoms with Crippen LogP contribution < -0.4 is 9.47 Å². The van der Waals surface area contributed by atoms with E-state index in [1.807, 2.05) is 36.9 Å². The number of anilines is 1. The molecular weight excluding hydrogens is 329 g/mol. The van der Waals surface area contributed by atoms with Crippen molar-refractivity contribution in [2.45, 2.75) is 33.1 Å². The maximum absolute atomic E-state index is 13.5. The zero-order chi connectivity index (χ0) is 18.4. The van der Waals surface area contributed by atoms with Crippen LogP contribution in [0.25, 0.3) is 5.69 Å². The zero-order valence-corrected chi connectivity index (χ0v) is 14.5. The number of aromatic nitrogens is 2. The Bertz CT molecular complexity index is 830. The molecule has 4 nitrogen and oxygen atoms in total. The molecule has 1 atom stereocenters. The van der Waals surface area contributed by atoms with Gasteiger partial charge >= 0.3 is 6.18 Å². The molecule has 3 rings (SSSR count). The van der Waals surface area contributed by atoms with Gasteiger partial charge in [-0.25, -0.2) is 4.57 Å². The second kappa shape index (κ2) is 6.06. The molecule has 25 heavy (non-hydrogen) atoms. The van der Waals surface area contributed by atoms with Gasteiger partial charge in [-0.1, -0.05) is 4.98 Å². The predicted molar refractivity (Wildman–Crippen MR) is 89.1 cm³/mol. The van der Waals surface area contributed by atoms with Gasteiger partial charge in [-0.15, -0.1) is 0 Å². The summed E-state index contributed by atoms with van der Waals surface area (Å²) in [6.07, 6.45) is 2.52. The van der Waals surface area contributed by atoms with Gasteiger partial charge in [0.05, 0.1) is 11.3 Å². The number of aryl methyl sites for hydroxylation is 1. The van der Waals surface area contributed by atoms with Crippen LogP contribution in [-0.2, 0) is 6.18 Å². The minimum Gasteiger partial charge on any atom is -0.359 e. The second-order valence-electron chi connectivity index (χ2n) is 6.18. The van der Waals surface area contributed by atoms with Crippen molar-refractivity contribution in [3.63, 3.8) is 0 Å². The Labute approximate surface area is 144 Å². The second-order valence-corrected chi connectivity index (χ2v) is 6.18. The van der Waals surface area contributed by atoms with E-state index in [2.05, 4.69) is 4.98 Å². The van der Waals surface area contributed by atoms with Crippen LogP contribution in [0.4, 0.5) is 18.9 Å². The van der Waals surface area contributed by atoms with Gasteiger partial charge in [0, 0.05) is 38.0 Å². The Morgan fingerprint density at radius 1 is 1.16 bits per heavy atom. The predicted octanol–water partition coefficient (Wildman–Crippen LogP) is 3.56. The fourth-order valence-corrected chi connectivity index (χ4v) is 2.97. The summed E-state index contributed by atoms with van der Waals surface area (Å²) >= 11 is 0. The largest absolute Gasteiger partial charge is 0.416 e. The molecule has 1 aromatic heterocycles. The molecule has 0 radical (unpaired) electrons. The Balaban J connectivity index is 2.24. The van der Waals surface area contributed by atoms with Gasteiger partial charge < -0.3 is 9.80 Å². The van der Waals surface area contributed by atoms with Gasteiger partial charge in [0.1, 0.15) is 24.2 Å².